The molecule has 1 aromatic carbocycles. The van der Waals surface area contributed by atoms with Crippen LogP contribution in [0, 0.1) is 11.7 Å². The molecule has 7 heteroatoms. The summed E-state index contributed by atoms with van der Waals surface area (Å²) in [6.45, 7) is 6.37. The number of nitrogens with one attached hydrogen (secondary N) is 2. The van der Waals surface area contributed by atoms with E-state index in [-0.39, 0.29) is 23.8 Å². The van der Waals surface area contributed by atoms with E-state index in [1.54, 1.807) is 6.20 Å². The van der Waals surface area contributed by atoms with Crippen LogP contribution in [0.1, 0.15) is 42.7 Å². The number of rotatable bonds is 7. The Labute approximate surface area is 176 Å². The largest absolute Gasteiger partial charge is 0.351 e. The third-order valence-electron chi connectivity index (χ3n) is 5.39. The molecule has 1 atom stereocenters. The van der Waals surface area contributed by atoms with Gasteiger partial charge in [0.2, 0.25) is 5.91 Å². The second kappa shape index (κ2) is 10.3. The van der Waals surface area contributed by atoms with Crippen LogP contribution in [0.15, 0.2) is 48.7 Å². The van der Waals surface area contributed by atoms with E-state index in [2.05, 4.69) is 20.5 Å². The lowest BCUT2D eigenvalue weighted by molar-refractivity contribution is -0.125. The summed E-state index contributed by atoms with van der Waals surface area (Å²) < 4.78 is 13.1. The zero-order valence-corrected chi connectivity index (χ0v) is 17.5. The van der Waals surface area contributed by atoms with E-state index in [0.29, 0.717) is 5.56 Å². The van der Waals surface area contributed by atoms with E-state index in [1.807, 2.05) is 32.0 Å². The smallest absolute Gasteiger partial charge is 0.251 e. The zero-order chi connectivity index (χ0) is 21.5. The molecule has 30 heavy (non-hydrogen) atoms. The van der Waals surface area contributed by atoms with Gasteiger partial charge in [0.05, 0.1) is 5.69 Å². The van der Waals surface area contributed by atoms with Crippen molar-refractivity contribution in [3.8, 4) is 0 Å². The summed E-state index contributed by atoms with van der Waals surface area (Å²) in [5.41, 5.74) is 1.38. The SMILES string of the molecule is CC(C)C(NC(=O)c1ccc(F)cc1)C(=O)NC1CCN(Cc2ccccn2)CC1. The molecule has 1 aromatic heterocycles. The number of benzene rings is 1. The van der Waals surface area contributed by atoms with Crippen molar-refractivity contribution in [1.82, 2.24) is 20.5 Å². The third-order valence-corrected chi connectivity index (χ3v) is 5.39. The average molecular weight is 413 g/mol. The number of carbonyl (C=O) groups is 2. The van der Waals surface area contributed by atoms with Crippen LogP contribution in [0.5, 0.6) is 0 Å². The molecule has 1 unspecified atom stereocenters. The van der Waals surface area contributed by atoms with Crippen LogP contribution in [0.4, 0.5) is 4.39 Å². The van der Waals surface area contributed by atoms with E-state index >= 15 is 0 Å². The normalized spacial score (nSPS) is 16.3. The molecule has 0 bridgehead atoms. The first kappa shape index (κ1) is 21.9. The number of likely N-dealkylation sites (tertiary alicyclic amines) is 1. The van der Waals surface area contributed by atoms with Crippen molar-refractivity contribution in [2.45, 2.75) is 45.3 Å². The van der Waals surface area contributed by atoms with Crippen LogP contribution in [0.2, 0.25) is 0 Å². The fourth-order valence-electron chi connectivity index (χ4n) is 3.61. The maximum atomic E-state index is 13.1. The van der Waals surface area contributed by atoms with Crippen LogP contribution >= 0.6 is 0 Å². The zero-order valence-electron chi connectivity index (χ0n) is 17.5. The number of aromatic nitrogens is 1. The van der Waals surface area contributed by atoms with Crippen LogP contribution in [0.25, 0.3) is 0 Å². The molecule has 1 fully saturated rings. The maximum absolute atomic E-state index is 13.1. The molecular formula is C23H29FN4O2. The Morgan fingerprint density at radius 3 is 2.43 bits per heavy atom. The minimum absolute atomic E-state index is 0.0707. The van der Waals surface area contributed by atoms with Crippen LogP contribution in [-0.2, 0) is 11.3 Å². The summed E-state index contributed by atoms with van der Waals surface area (Å²) in [5.74, 6) is -1.03. The van der Waals surface area contributed by atoms with Crippen molar-refractivity contribution in [2.24, 2.45) is 5.92 Å². The Hall–Kier alpha value is -2.80. The van der Waals surface area contributed by atoms with Crippen LogP contribution < -0.4 is 10.6 Å². The molecule has 1 aliphatic heterocycles. The minimum atomic E-state index is -0.644. The minimum Gasteiger partial charge on any atom is -0.351 e. The van der Waals surface area contributed by atoms with E-state index in [0.717, 1.165) is 38.2 Å². The number of halogens is 1. The lowest BCUT2D eigenvalue weighted by Gasteiger charge is -2.33. The number of hydrogen-bond donors (Lipinski definition) is 2. The standard InChI is InChI=1S/C23H29FN4O2/c1-16(2)21(27-22(29)17-6-8-18(24)9-7-17)23(30)26-19-10-13-28(14-11-19)15-20-5-3-4-12-25-20/h3-9,12,16,19,21H,10-11,13-15H2,1-2H3,(H,26,30)(H,27,29). The van der Waals surface area contributed by atoms with Gasteiger partial charge in [-0.15, -0.1) is 0 Å². The Morgan fingerprint density at radius 1 is 1.13 bits per heavy atom. The molecule has 0 saturated carbocycles. The van der Waals surface area contributed by atoms with Crippen LogP contribution in [0.3, 0.4) is 0 Å². The first-order valence-electron chi connectivity index (χ1n) is 10.4. The fourth-order valence-corrected chi connectivity index (χ4v) is 3.61. The van der Waals surface area contributed by atoms with E-state index in [4.69, 9.17) is 0 Å². The molecule has 160 valence electrons. The Balaban J connectivity index is 1.50. The van der Waals surface area contributed by atoms with Gasteiger partial charge in [-0.3, -0.25) is 19.5 Å². The Morgan fingerprint density at radius 2 is 1.83 bits per heavy atom. The number of carbonyl (C=O) groups excluding carboxylic acids is 2. The lowest BCUT2D eigenvalue weighted by Crippen LogP contribution is -2.54. The number of piperidine rings is 1. The van der Waals surface area contributed by atoms with Gasteiger partial charge in [0.25, 0.3) is 5.91 Å². The third kappa shape index (κ3) is 6.10. The first-order valence-corrected chi connectivity index (χ1v) is 10.4. The first-order chi connectivity index (χ1) is 14.4. The molecule has 6 nitrogen and oxygen atoms in total. The second-order valence-corrected chi connectivity index (χ2v) is 8.08. The summed E-state index contributed by atoms with van der Waals surface area (Å²) in [6, 6.07) is 10.7. The van der Waals surface area contributed by atoms with Crippen molar-refractivity contribution in [2.75, 3.05) is 13.1 Å². The summed E-state index contributed by atoms with van der Waals surface area (Å²) in [7, 11) is 0. The summed E-state index contributed by atoms with van der Waals surface area (Å²) in [5, 5.41) is 5.89. The van der Waals surface area contributed by atoms with Gasteiger partial charge in [-0.05, 0) is 55.2 Å². The lowest BCUT2D eigenvalue weighted by atomic mass is 10.00. The van der Waals surface area contributed by atoms with Crippen molar-refractivity contribution < 1.29 is 14.0 Å². The van der Waals surface area contributed by atoms with Crippen molar-refractivity contribution >= 4 is 11.8 Å². The van der Waals surface area contributed by atoms with Gasteiger partial charge in [-0.25, -0.2) is 4.39 Å². The Bertz CT molecular complexity index is 834. The van der Waals surface area contributed by atoms with Gasteiger partial charge >= 0.3 is 0 Å². The quantitative estimate of drug-likeness (QED) is 0.733. The molecule has 1 saturated heterocycles. The fraction of sp³-hybridized carbons (Fsp3) is 0.435. The predicted octanol–water partition coefficient (Wildman–Crippen LogP) is 2.76. The highest BCUT2D eigenvalue weighted by Crippen LogP contribution is 2.14. The summed E-state index contributed by atoms with van der Waals surface area (Å²) >= 11 is 0. The van der Waals surface area contributed by atoms with Gasteiger partial charge in [0.1, 0.15) is 11.9 Å². The van der Waals surface area contributed by atoms with E-state index in [1.165, 1.54) is 24.3 Å². The van der Waals surface area contributed by atoms with Crippen molar-refractivity contribution in [1.29, 1.82) is 0 Å². The van der Waals surface area contributed by atoms with Gasteiger partial charge in [-0.2, -0.15) is 0 Å². The van der Waals surface area contributed by atoms with Gasteiger partial charge < -0.3 is 10.6 Å². The molecule has 2 heterocycles. The highest BCUT2D eigenvalue weighted by molar-refractivity contribution is 5.97. The number of nitrogens with zero attached hydrogens (tertiary/aromatic N) is 2. The molecule has 1 aliphatic rings. The molecule has 2 N–H and O–H groups in total. The highest BCUT2D eigenvalue weighted by Gasteiger charge is 2.28. The van der Waals surface area contributed by atoms with Gasteiger partial charge in [-0.1, -0.05) is 19.9 Å². The molecule has 0 radical (unpaired) electrons. The van der Waals surface area contributed by atoms with Gasteiger partial charge in [0, 0.05) is 37.4 Å². The van der Waals surface area contributed by atoms with Crippen molar-refractivity contribution in [3.63, 3.8) is 0 Å². The predicted molar refractivity (Wildman–Crippen MR) is 113 cm³/mol. The van der Waals surface area contributed by atoms with E-state index in [9.17, 15) is 14.0 Å². The van der Waals surface area contributed by atoms with Crippen molar-refractivity contribution in [3.05, 3.63) is 65.7 Å². The molecule has 0 aliphatic carbocycles. The van der Waals surface area contributed by atoms with Gasteiger partial charge in [0.15, 0.2) is 0 Å². The molecule has 2 aromatic rings. The second-order valence-electron chi connectivity index (χ2n) is 8.08. The summed E-state index contributed by atoms with van der Waals surface area (Å²) in [4.78, 5) is 32.0. The number of pyridine rings is 1. The Kier molecular flexibility index (Phi) is 7.52. The van der Waals surface area contributed by atoms with E-state index < -0.39 is 11.9 Å². The molecule has 3 rings (SSSR count). The summed E-state index contributed by atoms with van der Waals surface area (Å²) in [6.07, 6.45) is 3.51. The maximum Gasteiger partial charge on any atom is 0.251 e. The molecule has 2 amide bonds. The average Bonchev–Trinajstić information content (AvgIpc) is 2.74. The topological polar surface area (TPSA) is 74.3 Å². The monoisotopic (exact) mass is 412 g/mol. The number of amides is 2. The number of hydrogen-bond acceptors (Lipinski definition) is 4. The highest BCUT2D eigenvalue weighted by atomic mass is 19.1. The van der Waals surface area contributed by atoms with Crippen LogP contribution in [-0.4, -0.2) is 46.9 Å². The molecular weight excluding hydrogens is 383 g/mol. The molecule has 0 spiro atoms.